The average Bonchev–Trinajstić information content (AvgIpc) is 2.70. The van der Waals surface area contributed by atoms with Gasteiger partial charge < -0.3 is 14.4 Å². The lowest BCUT2D eigenvalue weighted by Gasteiger charge is -2.24. The molecule has 0 aliphatic carbocycles. The zero-order valence-electron chi connectivity index (χ0n) is 13.5. The number of alkyl halides is 3. The summed E-state index contributed by atoms with van der Waals surface area (Å²) < 4.78 is 49.6. The van der Waals surface area contributed by atoms with E-state index in [9.17, 15) is 18.0 Å². The van der Waals surface area contributed by atoms with Crippen LogP contribution in [0.3, 0.4) is 0 Å². The van der Waals surface area contributed by atoms with E-state index in [0.717, 1.165) is 12.1 Å². The van der Waals surface area contributed by atoms with Gasteiger partial charge in [0.25, 0.3) is 5.91 Å². The summed E-state index contributed by atoms with van der Waals surface area (Å²) in [4.78, 5) is 13.8. The molecule has 2 rings (SSSR count). The first-order valence-corrected chi connectivity index (χ1v) is 7.16. The quantitative estimate of drug-likeness (QED) is 0.844. The summed E-state index contributed by atoms with van der Waals surface area (Å²) in [5.74, 6) is -0.452. The Balaban J connectivity index is 2.31. The molecule has 1 aliphatic rings. The molecule has 0 spiro atoms. The molecule has 0 aromatic heterocycles. The van der Waals surface area contributed by atoms with E-state index in [-0.39, 0.29) is 18.4 Å². The van der Waals surface area contributed by atoms with Crippen molar-refractivity contribution in [2.45, 2.75) is 26.1 Å². The summed E-state index contributed by atoms with van der Waals surface area (Å²) in [6, 6.07) is 4.55. The minimum Gasteiger partial charge on any atom is -0.480 e. The molecule has 0 bridgehead atoms. The summed E-state index contributed by atoms with van der Waals surface area (Å²) in [6.07, 6.45) is -5.61. The molecule has 1 amide bonds. The van der Waals surface area contributed by atoms with Gasteiger partial charge in [-0.25, -0.2) is 0 Å². The van der Waals surface area contributed by atoms with E-state index >= 15 is 0 Å². The molecular weight excluding hydrogens is 325 g/mol. The second-order valence-corrected chi connectivity index (χ2v) is 6.26. The highest BCUT2D eigenvalue weighted by atomic mass is 19.4. The number of hydrogen-bond donors (Lipinski definition) is 0. The van der Waals surface area contributed by atoms with Crippen molar-refractivity contribution in [1.82, 2.24) is 4.90 Å². The van der Waals surface area contributed by atoms with E-state index in [1.54, 1.807) is 13.8 Å². The van der Waals surface area contributed by atoms with Crippen LogP contribution in [0.2, 0.25) is 0 Å². The summed E-state index contributed by atoms with van der Waals surface area (Å²) >= 11 is 0. The van der Waals surface area contributed by atoms with Crippen molar-refractivity contribution in [3.05, 3.63) is 29.3 Å². The first kappa shape index (κ1) is 18.1. The van der Waals surface area contributed by atoms with Crippen molar-refractivity contribution in [3.63, 3.8) is 0 Å². The van der Waals surface area contributed by atoms with E-state index in [4.69, 9.17) is 14.7 Å². The summed E-state index contributed by atoms with van der Waals surface area (Å²) in [5, 5.41) is 8.81. The highest BCUT2D eigenvalue weighted by Gasteiger charge is 2.48. The van der Waals surface area contributed by atoms with Crippen molar-refractivity contribution in [3.8, 4) is 11.8 Å². The molecule has 0 radical (unpaired) electrons. The average molecular weight is 342 g/mol. The Labute approximate surface area is 137 Å². The number of methoxy groups -OCH3 is 1. The Morgan fingerprint density at radius 1 is 1.42 bits per heavy atom. The van der Waals surface area contributed by atoms with Gasteiger partial charge in [-0.15, -0.1) is 0 Å². The standard InChI is InChI=1S/C16H17F3N2O3/c1-15(2)8-21(9-23-3)14(22)13(15)24-11-5-4-10(7-20)12(6-11)16(17,18)19/h4-6,13H,8-9H2,1-3H3. The molecule has 130 valence electrons. The zero-order valence-corrected chi connectivity index (χ0v) is 13.5. The second-order valence-electron chi connectivity index (χ2n) is 6.26. The van der Waals surface area contributed by atoms with E-state index in [2.05, 4.69) is 0 Å². The van der Waals surface area contributed by atoms with E-state index in [0.29, 0.717) is 6.54 Å². The first-order chi connectivity index (χ1) is 11.1. The SMILES string of the molecule is COCN1CC(C)(C)C(Oc2ccc(C#N)c(C(F)(F)F)c2)C1=O. The third kappa shape index (κ3) is 3.46. The fraction of sp³-hybridized carbons (Fsp3) is 0.500. The lowest BCUT2D eigenvalue weighted by molar-refractivity contribution is -0.138. The smallest absolute Gasteiger partial charge is 0.417 e. The fourth-order valence-electron chi connectivity index (χ4n) is 2.69. The lowest BCUT2D eigenvalue weighted by atomic mass is 9.89. The summed E-state index contributed by atoms with van der Waals surface area (Å²) in [7, 11) is 1.45. The Bertz CT molecular complexity index is 680. The Hall–Kier alpha value is -2.27. The Morgan fingerprint density at radius 2 is 2.08 bits per heavy atom. The van der Waals surface area contributed by atoms with Crippen molar-refractivity contribution in [1.29, 1.82) is 5.26 Å². The van der Waals surface area contributed by atoms with Gasteiger partial charge in [0.2, 0.25) is 0 Å². The molecule has 24 heavy (non-hydrogen) atoms. The lowest BCUT2D eigenvalue weighted by Crippen LogP contribution is -2.37. The second kappa shape index (κ2) is 6.32. The monoisotopic (exact) mass is 342 g/mol. The minimum absolute atomic E-state index is 0.0866. The first-order valence-electron chi connectivity index (χ1n) is 7.16. The van der Waals surface area contributed by atoms with Gasteiger partial charge in [-0.1, -0.05) is 13.8 Å². The predicted molar refractivity (Wildman–Crippen MR) is 77.9 cm³/mol. The van der Waals surface area contributed by atoms with Crippen molar-refractivity contribution < 1.29 is 27.4 Å². The molecule has 1 aromatic rings. The molecule has 5 nitrogen and oxygen atoms in total. The van der Waals surface area contributed by atoms with Gasteiger partial charge in [-0.3, -0.25) is 4.79 Å². The van der Waals surface area contributed by atoms with Crippen LogP contribution in [-0.2, 0) is 15.7 Å². The number of nitrogens with zero attached hydrogens (tertiary/aromatic N) is 2. The molecule has 0 N–H and O–H groups in total. The fourth-order valence-corrected chi connectivity index (χ4v) is 2.69. The maximum absolute atomic E-state index is 13.0. The molecule has 1 aromatic carbocycles. The van der Waals surface area contributed by atoms with Gasteiger partial charge in [0.1, 0.15) is 12.5 Å². The highest BCUT2D eigenvalue weighted by molar-refractivity contribution is 5.84. The van der Waals surface area contributed by atoms with Crippen molar-refractivity contribution in [2.75, 3.05) is 20.4 Å². The van der Waals surface area contributed by atoms with E-state index < -0.39 is 28.8 Å². The normalized spacial score (nSPS) is 20.1. The van der Waals surface area contributed by atoms with Gasteiger partial charge in [0.15, 0.2) is 6.10 Å². The number of carbonyl (C=O) groups is 1. The van der Waals surface area contributed by atoms with Gasteiger partial charge in [-0.05, 0) is 18.2 Å². The molecule has 1 heterocycles. The minimum atomic E-state index is -4.68. The third-order valence-corrected chi connectivity index (χ3v) is 3.80. The number of halogens is 3. The number of amides is 1. The number of likely N-dealkylation sites (tertiary alicyclic amines) is 1. The van der Waals surface area contributed by atoms with Gasteiger partial charge >= 0.3 is 6.18 Å². The molecular formula is C16H17F3N2O3. The number of hydrogen-bond acceptors (Lipinski definition) is 4. The molecule has 8 heteroatoms. The Morgan fingerprint density at radius 3 is 2.62 bits per heavy atom. The highest BCUT2D eigenvalue weighted by Crippen LogP contribution is 2.37. The van der Waals surface area contributed by atoms with E-state index in [1.807, 2.05) is 0 Å². The van der Waals surface area contributed by atoms with Crippen LogP contribution in [0.1, 0.15) is 25.0 Å². The third-order valence-electron chi connectivity index (χ3n) is 3.80. The van der Waals surface area contributed by atoms with Gasteiger partial charge in [0, 0.05) is 19.1 Å². The molecule has 0 saturated carbocycles. The maximum Gasteiger partial charge on any atom is 0.417 e. The van der Waals surface area contributed by atoms with Gasteiger partial charge in [-0.2, -0.15) is 18.4 Å². The molecule has 1 fully saturated rings. The number of benzene rings is 1. The van der Waals surface area contributed by atoms with Crippen molar-refractivity contribution >= 4 is 5.91 Å². The largest absolute Gasteiger partial charge is 0.480 e. The molecule has 1 saturated heterocycles. The van der Waals surface area contributed by atoms with Crippen LogP contribution in [0.4, 0.5) is 13.2 Å². The van der Waals surface area contributed by atoms with Crippen LogP contribution in [0.15, 0.2) is 18.2 Å². The predicted octanol–water partition coefficient (Wildman–Crippen LogP) is 2.80. The number of rotatable bonds is 4. The maximum atomic E-state index is 13.0. The molecule has 1 aliphatic heterocycles. The Kier molecular flexibility index (Phi) is 4.76. The zero-order chi connectivity index (χ0) is 18.1. The van der Waals surface area contributed by atoms with Crippen LogP contribution in [-0.4, -0.2) is 37.3 Å². The summed E-state index contributed by atoms with van der Waals surface area (Å²) in [5.41, 5.74) is -2.17. The van der Waals surface area contributed by atoms with Crippen LogP contribution in [0, 0.1) is 16.7 Å². The van der Waals surface area contributed by atoms with Crippen molar-refractivity contribution in [2.24, 2.45) is 5.41 Å². The number of carbonyl (C=O) groups excluding carboxylic acids is 1. The van der Waals surface area contributed by atoms with Crippen LogP contribution >= 0.6 is 0 Å². The molecule has 1 atom stereocenters. The van der Waals surface area contributed by atoms with Crippen LogP contribution in [0.25, 0.3) is 0 Å². The van der Waals surface area contributed by atoms with Crippen LogP contribution < -0.4 is 4.74 Å². The number of ether oxygens (including phenoxy) is 2. The van der Waals surface area contributed by atoms with Gasteiger partial charge in [0.05, 0.1) is 17.2 Å². The van der Waals surface area contributed by atoms with Crippen LogP contribution in [0.5, 0.6) is 5.75 Å². The summed E-state index contributed by atoms with van der Waals surface area (Å²) in [6.45, 7) is 4.04. The molecule has 1 unspecified atom stereocenters. The van der Waals surface area contributed by atoms with E-state index in [1.165, 1.54) is 24.1 Å². The number of nitriles is 1. The topological polar surface area (TPSA) is 62.6 Å².